The van der Waals surface area contributed by atoms with Crippen molar-refractivity contribution in [3.05, 3.63) is 17.5 Å². The molecular formula is C9H13N2O+. The van der Waals surface area contributed by atoms with Crippen LogP contribution in [-0.2, 0) is 13.0 Å². The molecular weight excluding hydrogens is 152 g/mol. The maximum Gasteiger partial charge on any atom is 0.223 e. The second-order valence-corrected chi connectivity index (χ2v) is 3.69. The summed E-state index contributed by atoms with van der Waals surface area (Å²) in [5.74, 6) is 1.15. The molecule has 0 atom stereocenters. The van der Waals surface area contributed by atoms with Crippen molar-refractivity contribution in [1.29, 1.82) is 0 Å². The Bertz CT molecular complexity index is 278. The lowest BCUT2D eigenvalue weighted by Gasteiger charge is -2.05. The normalized spacial score (nSPS) is 22.3. The summed E-state index contributed by atoms with van der Waals surface area (Å²) >= 11 is 0. The molecule has 0 radical (unpaired) electrons. The molecule has 1 fully saturated rings. The van der Waals surface area contributed by atoms with Crippen LogP contribution >= 0.6 is 0 Å². The molecule has 1 N–H and O–H groups in total. The van der Waals surface area contributed by atoms with E-state index < -0.39 is 0 Å². The molecule has 0 amide bonds. The highest BCUT2D eigenvalue weighted by molar-refractivity contribution is 5.14. The first kappa shape index (κ1) is 6.66. The first-order valence-electron chi connectivity index (χ1n) is 4.67. The predicted octanol–water partition coefficient (Wildman–Crippen LogP) is 0.548. The van der Waals surface area contributed by atoms with Crippen LogP contribution in [-0.4, -0.2) is 6.54 Å². The van der Waals surface area contributed by atoms with Crippen LogP contribution in [0.3, 0.4) is 0 Å². The molecule has 2 aliphatic rings. The molecule has 3 heteroatoms. The third-order valence-electron chi connectivity index (χ3n) is 2.62. The van der Waals surface area contributed by atoms with E-state index >= 15 is 0 Å². The van der Waals surface area contributed by atoms with Gasteiger partial charge in [0.05, 0.1) is 12.1 Å². The zero-order valence-corrected chi connectivity index (χ0v) is 7.05. The van der Waals surface area contributed by atoms with Crippen molar-refractivity contribution in [2.24, 2.45) is 0 Å². The second-order valence-electron chi connectivity index (χ2n) is 3.69. The fourth-order valence-electron chi connectivity index (χ4n) is 1.72. The van der Waals surface area contributed by atoms with Crippen LogP contribution in [0.5, 0.6) is 0 Å². The molecule has 1 aliphatic carbocycles. The summed E-state index contributed by atoms with van der Waals surface area (Å²) in [6, 6.07) is 0.676. The highest BCUT2D eigenvalue weighted by Gasteiger charge is 2.37. The van der Waals surface area contributed by atoms with Crippen molar-refractivity contribution in [1.82, 2.24) is 5.32 Å². The Morgan fingerprint density at radius 2 is 2.42 bits per heavy atom. The molecule has 1 saturated carbocycles. The van der Waals surface area contributed by atoms with Crippen molar-refractivity contribution in [3.8, 4) is 0 Å². The molecule has 3 nitrogen and oxygen atoms in total. The highest BCUT2D eigenvalue weighted by Crippen LogP contribution is 2.29. The summed E-state index contributed by atoms with van der Waals surface area (Å²) < 4.78 is 7.72. The van der Waals surface area contributed by atoms with Crippen LogP contribution < -0.4 is 10.1 Å². The van der Waals surface area contributed by atoms with E-state index in [4.69, 9.17) is 4.52 Å². The summed E-state index contributed by atoms with van der Waals surface area (Å²) in [6.45, 7) is 2.01. The van der Waals surface area contributed by atoms with Crippen LogP contribution in [0.2, 0.25) is 0 Å². The topological polar surface area (TPSA) is 29.0 Å². The minimum Gasteiger partial charge on any atom is -0.309 e. The van der Waals surface area contributed by atoms with E-state index in [0.717, 1.165) is 25.3 Å². The van der Waals surface area contributed by atoms with Crippen molar-refractivity contribution >= 4 is 0 Å². The summed E-state index contributed by atoms with van der Waals surface area (Å²) in [5.41, 5.74) is 1.40. The van der Waals surface area contributed by atoms with Gasteiger partial charge in [-0.05, 0) is 17.7 Å². The molecule has 0 saturated heterocycles. The summed E-state index contributed by atoms with van der Waals surface area (Å²) in [7, 11) is 0. The van der Waals surface area contributed by atoms with Crippen molar-refractivity contribution in [2.45, 2.75) is 31.8 Å². The zero-order valence-electron chi connectivity index (χ0n) is 7.05. The van der Waals surface area contributed by atoms with E-state index in [1.54, 1.807) is 0 Å². The smallest absolute Gasteiger partial charge is 0.223 e. The van der Waals surface area contributed by atoms with Gasteiger partial charge in [-0.25, -0.2) is 4.52 Å². The van der Waals surface area contributed by atoms with Crippen molar-refractivity contribution in [2.75, 3.05) is 6.54 Å². The Morgan fingerprint density at radius 3 is 3.17 bits per heavy atom. The Balaban J connectivity index is 1.97. The number of nitrogens with one attached hydrogen (secondary N) is 1. The van der Waals surface area contributed by atoms with Gasteiger partial charge in [-0.1, -0.05) is 0 Å². The minimum absolute atomic E-state index is 0.676. The number of hydrogen-bond donors (Lipinski definition) is 1. The van der Waals surface area contributed by atoms with E-state index in [1.807, 2.05) is 4.74 Å². The Labute approximate surface area is 71.3 Å². The maximum absolute atomic E-state index is 5.68. The van der Waals surface area contributed by atoms with Gasteiger partial charge in [0.15, 0.2) is 0 Å². The van der Waals surface area contributed by atoms with Gasteiger partial charge in [-0.15, -0.1) is 0 Å². The molecule has 0 spiro atoms. The zero-order chi connectivity index (χ0) is 7.97. The summed E-state index contributed by atoms with van der Waals surface area (Å²) in [5, 5.41) is 3.31. The first-order chi connectivity index (χ1) is 5.93. The predicted molar refractivity (Wildman–Crippen MR) is 42.6 cm³/mol. The average Bonchev–Trinajstić information content (AvgIpc) is 2.85. The van der Waals surface area contributed by atoms with Gasteiger partial charge in [-0.3, -0.25) is 0 Å². The molecule has 1 aliphatic heterocycles. The number of aromatic nitrogens is 1. The van der Waals surface area contributed by atoms with Gasteiger partial charge in [0.25, 0.3) is 0 Å². The van der Waals surface area contributed by atoms with Gasteiger partial charge in [0, 0.05) is 12.8 Å². The molecule has 12 heavy (non-hydrogen) atoms. The molecule has 2 heterocycles. The largest absolute Gasteiger partial charge is 0.309 e. The lowest BCUT2D eigenvalue weighted by molar-refractivity contribution is -0.867. The second kappa shape index (κ2) is 2.33. The van der Waals surface area contributed by atoms with Crippen LogP contribution in [0, 0.1) is 0 Å². The quantitative estimate of drug-likeness (QED) is 0.616. The van der Waals surface area contributed by atoms with Gasteiger partial charge < -0.3 is 5.32 Å². The fraction of sp³-hybridized carbons (Fsp3) is 0.667. The number of nitrogens with zero attached hydrogens (tertiary/aromatic N) is 1. The van der Waals surface area contributed by atoms with Gasteiger partial charge in [-0.2, -0.15) is 0 Å². The van der Waals surface area contributed by atoms with Crippen LogP contribution in [0.25, 0.3) is 0 Å². The third-order valence-corrected chi connectivity index (χ3v) is 2.62. The number of hydrogen-bond acceptors (Lipinski definition) is 2. The van der Waals surface area contributed by atoms with Gasteiger partial charge in [0.2, 0.25) is 18.0 Å². The summed E-state index contributed by atoms with van der Waals surface area (Å²) in [4.78, 5) is 0. The standard InChI is InChI=1S/C9H13N2O/c1-2-8(1)11-6-7-3-4-10-5-9(7)12-11/h6,8,10H,1-5H2/q+1. The highest BCUT2D eigenvalue weighted by atomic mass is 16.5. The van der Waals surface area contributed by atoms with Gasteiger partial charge >= 0.3 is 0 Å². The molecule has 1 aromatic heterocycles. The lowest BCUT2D eigenvalue weighted by atomic mass is 10.1. The molecule has 0 unspecified atom stereocenters. The monoisotopic (exact) mass is 165 g/mol. The molecule has 0 aromatic carbocycles. The third kappa shape index (κ3) is 0.966. The maximum atomic E-state index is 5.68. The van der Waals surface area contributed by atoms with Crippen molar-refractivity contribution in [3.63, 3.8) is 0 Å². The van der Waals surface area contributed by atoms with E-state index in [-0.39, 0.29) is 0 Å². The van der Waals surface area contributed by atoms with E-state index in [9.17, 15) is 0 Å². The number of rotatable bonds is 1. The van der Waals surface area contributed by atoms with Gasteiger partial charge in [0.1, 0.15) is 0 Å². The van der Waals surface area contributed by atoms with E-state index in [1.165, 1.54) is 18.4 Å². The van der Waals surface area contributed by atoms with E-state index in [0.29, 0.717) is 6.04 Å². The fourth-order valence-corrected chi connectivity index (χ4v) is 1.72. The molecule has 0 bridgehead atoms. The summed E-state index contributed by atoms with van der Waals surface area (Å²) in [6.07, 6.45) is 5.90. The molecule has 3 rings (SSSR count). The Morgan fingerprint density at radius 1 is 1.50 bits per heavy atom. The van der Waals surface area contributed by atoms with Crippen molar-refractivity contribution < 1.29 is 9.26 Å². The van der Waals surface area contributed by atoms with Crippen LogP contribution in [0.4, 0.5) is 0 Å². The first-order valence-corrected chi connectivity index (χ1v) is 4.67. The number of fused-ring (bicyclic) bond motifs is 1. The van der Waals surface area contributed by atoms with E-state index in [2.05, 4.69) is 11.5 Å². The SMILES string of the molecule is c1c2c(o[n+]1C1CC1)CNCC2. The van der Waals surface area contributed by atoms with Crippen LogP contribution in [0.1, 0.15) is 30.2 Å². The molecule has 1 aromatic rings. The molecule has 64 valence electrons. The Kier molecular flexibility index (Phi) is 1.29. The van der Waals surface area contributed by atoms with Crippen LogP contribution in [0.15, 0.2) is 10.7 Å². The Hall–Kier alpha value is -0.830. The lowest BCUT2D eigenvalue weighted by Crippen LogP contribution is -2.28. The average molecular weight is 165 g/mol. The minimum atomic E-state index is 0.676.